The average molecular weight is 463 g/mol. The number of aryl methyl sites for hydroxylation is 1. The van der Waals surface area contributed by atoms with E-state index in [-0.39, 0.29) is 18.6 Å². The molecule has 0 aliphatic heterocycles. The number of benzene rings is 2. The molecule has 0 aliphatic rings. The van der Waals surface area contributed by atoms with Crippen molar-refractivity contribution in [1.82, 2.24) is 0 Å². The highest BCUT2D eigenvalue weighted by Gasteiger charge is 2.36. The highest BCUT2D eigenvalue weighted by atomic mass is 32.1. The van der Waals surface area contributed by atoms with Gasteiger partial charge in [0.05, 0.1) is 0 Å². The maximum Gasteiger partial charge on any atom is 0.426 e. The van der Waals surface area contributed by atoms with Crippen molar-refractivity contribution in [2.45, 2.75) is 51.3 Å². The monoisotopic (exact) mass is 462 g/mol. The minimum absolute atomic E-state index is 0.0729. The Morgan fingerprint density at radius 1 is 0.938 bits per heavy atom. The third kappa shape index (κ3) is 7.12. The zero-order valence-electron chi connectivity index (χ0n) is 17.5. The molecule has 2 aromatic carbocycles. The zero-order valence-corrected chi connectivity index (χ0v) is 18.3. The minimum atomic E-state index is -4.41. The second-order valence-electron chi connectivity index (χ2n) is 7.56. The van der Waals surface area contributed by atoms with Crippen molar-refractivity contribution in [2.75, 3.05) is 0 Å². The Balaban J connectivity index is 1.54. The molecule has 0 amide bonds. The van der Waals surface area contributed by atoms with Crippen molar-refractivity contribution in [3.05, 3.63) is 76.0 Å². The lowest BCUT2D eigenvalue weighted by molar-refractivity contribution is -0.137. The molecule has 0 unspecified atom stereocenters. The highest BCUT2D eigenvalue weighted by Crippen LogP contribution is 2.43. The summed E-state index contributed by atoms with van der Waals surface area (Å²) in [6.45, 7) is 0.0729. The second-order valence-corrected chi connectivity index (χ2v) is 8.70. The lowest BCUT2D eigenvalue weighted by Gasteiger charge is -2.07. The fraction of sp³-hybridized carbons (Fsp3) is 0.320. The van der Waals surface area contributed by atoms with Gasteiger partial charge in [0.1, 0.15) is 17.2 Å². The molecule has 0 fully saturated rings. The normalized spacial score (nSPS) is 11.5. The Labute approximate surface area is 189 Å². The van der Waals surface area contributed by atoms with Crippen molar-refractivity contribution in [1.29, 1.82) is 0 Å². The van der Waals surface area contributed by atoms with E-state index in [1.165, 1.54) is 0 Å². The van der Waals surface area contributed by atoms with Gasteiger partial charge in [-0.2, -0.15) is 13.2 Å². The van der Waals surface area contributed by atoms with Gasteiger partial charge >= 0.3 is 12.1 Å². The van der Waals surface area contributed by atoms with Gasteiger partial charge in [0.15, 0.2) is 0 Å². The average Bonchev–Trinajstić information content (AvgIpc) is 3.21. The van der Waals surface area contributed by atoms with E-state index in [2.05, 4.69) is 0 Å². The number of carboxylic acids is 1. The van der Waals surface area contributed by atoms with Crippen molar-refractivity contribution >= 4 is 17.3 Å². The SMILES string of the molecule is O=C(O)CCCCCCc1ccc(OCc2cc(-c3ccccc3)c(C(F)(F)F)s2)cc1. The molecule has 0 spiro atoms. The van der Waals surface area contributed by atoms with Gasteiger partial charge in [-0.1, -0.05) is 55.3 Å². The number of ether oxygens (including phenoxy) is 1. The van der Waals surface area contributed by atoms with Crippen molar-refractivity contribution < 1.29 is 27.8 Å². The first-order valence-electron chi connectivity index (χ1n) is 10.5. The van der Waals surface area contributed by atoms with Crippen LogP contribution in [0.4, 0.5) is 13.2 Å². The van der Waals surface area contributed by atoms with Crippen LogP contribution in [0.25, 0.3) is 11.1 Å². The van der Waals surface area contributed by atoms with Crippen LogP contribution in [0.3, 0.4) is 0 Å². The van der Waals surface area contributed by atoms with Gasteiger partial charge in [-0.3, -0.25) is 4.79 Å². The number of carboxylic acid groups (broad SMARTS) is 1. The van der Waals surface area contributed by atoms with Crippen LogP contribution in [0.15, 0.2) is 60.7 Å². The summed E-state index contributed by atoms with van der Waals surface area (Å²) in [5.41, 5.74) is 1.87. The van der Waals surface area contributed by atoms with Gasteiger partial charge in [-0.15, -0.1) is 11.3 Å². The van der Waals surface area contributed by atoms with Gasteiger partial charge < -0.3 is 9.84 Å². The number of hydrogen-bond donors (Lipinski definition) is 1. The Kier molecular flexibility index (Phi) is 8.33. The number of carbonyl (C=O) groups is 1. The van der Waals surface area contributed by atoms with Gasteiger partial charge in [-0.25, -0.2) is 0 Å². The molecule has 7 heteroatoms. The quantitative estimate of drug-likeness (QED) is 0.299. The fourth-order valence-corrected chi connectivity index (χ4v) is 4.38. The van der Waals surface area contributed by atoms with Crippen LogP contribution in [0, 0.1) is 0 Å². The minimum Gasteiger partial charge on any atom is -0.488 e. The van der Waals surface area contributed by atoms with E-state index < -0.39 is 17.0 Å². The third-order valence-corrected chi connectivity index (χ3v) is 6.19. The zero-order chi connectivity index (χ0) is 23.0. The number of alkyl halides is 3. The number of unbranched alkanes of at least 4 members (excludes halogenated alkanes) is 3. The molecular weight excluding hydrogens is 437 g/mol. The first-order valence-corrected chi connectivity index (χ1v) is 11.3. The largest absolute Gasteiger partial charge is 0.488 e. The number of aliphatic carboxylic acids is 1. The molecule has 0 saturated carbocycles. The molecule has 1 heterocycles. The lowest BCUT2D eigenvalue weighted by atomic mass is 10.1. The first-order chi connectivity index (χ1) is 15.3. The van der Waals surface area contributed by atoms with Crippen LogP contribution >= 0.6 is 11.3 Å². The van der Waals surface area contributed by atoms with Crippen LogP contribution in [0.2, 0.25) is 0 Å². The third-order valence-electron chi connectivity index (χ3n) is 5.04. The molecule has 32 heavy (non-hydrogen) atoms. The van der Waals surface area contributed by atoms with Gasteiger partial charge in [0.25, 0.3) is 0 Å². The van der Waals surface area contributed by atoms with Crippen LogP contribution < -0.4 is 4.74 Å². The van der Waals surface area contributed by atoms with Crippen LogP contribution in [-0.4, -0.2) is 11.1 Å². The van der Waals surface area contributed by atoms with E-state index in [0.29, 0.717) is 33.9 Å². The lowest BCUT2D eigenvalue weighted by Crippen LogP contribution is -2.03. The van der Waals surface area contributed by atoms with E-state index in [1.54, 1.807) is 36.4 Å². The number of thiophene rings is 1. The standard InChI is InChI=1S/C25H25F3O3S/c26-25(27,28)24-22(19-9-5-3-6-10-19)16-21(32-24)17-31-20-14-12-18(13-15-20)8-4-1-2-7-11-23(29)30/h3,5-6,9-10,12-16H,1-2,4,7-8,11,17H2,(H,29,30). The van der Waals surface area contributed by atoms with E-state index in [4.69, 9.17) is 9.84 Å². The summed E-state index contributed by atoms with van der Waals surface area (Å²) >= 11 is 0.716. The Hall–Kier alpha value is -2.80. The molecule has 3 rings (SSSR count). The first kappa shape index (κ1) is 23.9. The predicted octanol–water partition coefficient (Wildman–Crippen LogP) is 7.59. The number of hydrogen-bond acceptors (Lipinski definition) is 3. The molecule has 3 nitrogen and oxygen atoms in total. The van der Waals surface area contributed by atoms with E-state index in [0.717, 1.165) is 31.2 Å². The molecule has 1 aromatic heterocycles. The Bertz CT molecular complexity index is 996. The van der Waals surface area contributed by atoms with Crippen LogP contribution in [-0.2, 0) is 24.0 Å². The van der Waals surface area contributed by atoms with Crippen LogP contribution in [0.5, 0.6) is 5.75 Å². The molecular formula is C25H25F3O3S. The van der Waals surface area contributed by atoms with E-state index >= 15 is 0 Å². The molecule has 0 bridgehead atoms. The maximum atomic E-state index is 13.5. The van der Waals surface area contributed by atoms with E-state index in [1.807, 2.05) is 24.3 Å². The second kappa shape index (κ2) is 11.2. The van der Waals surface area contributed by atoms with Crippen molar-refractivity contribution in [2.24, 2.45) is 0 Å². The van der Waals surface area contributed by atoms with E-state index in [9.17, 15) is 18.0 Å². The summed E-state index contributed by atoms with van der Waals surface area (Å²) in [7, 11) is 0. The summed E-state index contributed by atoms with van der Waals surface area (Å²) in [6.07, 6.45) is 0.267. The molecule has 0 aliphatic carbocycles. The Morgan fingerprint density at radius 3 is 2.28 bits per heavy atom. The molecule has 3 aromatic rings. The van der Waals surface area contributed by atoms with Gasteiger partial charge in [-0.05, 0) is 48.6 Å². The topological polar surface area (TPSA) is 46.5 Å². The van der Waals surface area contributed by atoms with Crippen LogP contribution in [0.1, 0.15) is 47.4 Å². The predicted molar refractivity (Wildman–Crippen MR) is 120 cm³/mol. The summed E-state index contributed by atoms with van der Waals surface area (Å²) in [4.78, 5) is 10.4. The highest BCUT2D eigenvalue weighted by molar-refractivity contribution is 7.12. The maximum absolute atomic E-state index is 13.5. The Morgan fingerprint density at radius 2 is 1.62 bits per heavy atom. The fourth-order valence-electron chi connectivity index (χ4n) is 3.42. The molecule has 0 atom stereocenters. The summed E-state index contributed by atoms with van der Waals surface area (Å²) in [5.74, 6) is -0.146. The molecule has 1 N–H and O–H groups in total. The van der Waals surface area contributed by atoms with Crippen molar-refractivity contribution in [3.63, 3.8) is 0 Å². The molecule has 0 radical (unpaired) electrons. The summed E-state index contributed by atoms with van der Waals surface area (Å²) in [5, 5.41) is 8.63. The molecule has 170 valence electrons. The van der Waals surface area contributed by atoms with Gasteiger partial charge in [0, 0.05) is 16.9 Å². The smallest absolute Gasteiger partial charge is 0.426 e. The number of rotatable bonds is 11. The summed E-state index contributed by atoms with van der Waals surface area (Å²) < 4.78 is 46.2. The van der Waals surface area contributed by atoms with Crippen molar-refractivity contribution in [3.8, 4) is 16.9 Å². The molecule has 0 saturated heterocycles. The van der Waals surface area contributed by atoms with Gasteiger partial charge in [0.2, 0.25) is 0 Å². The number of halogens is 3. The summed E-state index contributed by atoms with van der Waals surface area (Å²) in [6, 6.07) is 17.7.